The minimum absolute atomic E-state index is 0.173. The van der Waals surface area contributed by atoms with Gasteiger partial charge in [0, 0.05) is 23.3 Å². The molecule has 0 aliphatic rings. The number of ether oxygens (including phenoxy) is 1. The molecule has 0 amide bonds. The second-order valence-corrected chi connectivity index (χ2v) is 5.39. The van der Waals surface area contributed by atoms with E-state index in [1.165, 1.54) is 7.11 Å². The van der Waals surface area contributed by atoms with Gasteiger partial charge in [0.2, 0.25) is 0 Å². The summed E-state index contributed by atoms with van der Waals surface area (Å²) in [6.07, 6.45) is 3.49. The van der Waals surface area contributed by atoms with Gasteiger partial charge >= 0.3 is 5.97 Å². The Hall–Kier alpha value is -2.87. The second-order valence-electron chi connectivity index (χ2n) is 4.53. The number of anilines is 1. The van der Waals surface area contributed by atoms with Crippen LogP contribution in [0.2, 0.25) is 0 Å². The Morgan fingerprint density at radius 2 is 2.04 bits per heavy atom. The average Bonchev–Trinajstić information content (AvgIpc) is 3.09. The molecule has 0 saturated carbocycles. The van der Waals surface area contributed by atoms with Gasteiger partial charge in [-0.2, -0.15) is 0 Å². The lowest BCUT2D eigenvalue weighted by atomic mass is 10.3. The number of nitrogens with one attached hydrogen (secondary N) is 1. The molecule has 0 unspecified atom stereocenters. The summed E-state index contributed by atoms with van der Waals surface area (Å²) < 4.78 is 4.58. The highest BCUT2D eigenvalue weighted by atomic mass is 32.1. The fourth-order valence-corrected chi connectivity index (χ4v) is 2.66. The highest BCUT2D eigenvalue weighted by molar-refractivity contribution is 7.13. The van der Waals surface area contributed by atoms with E-state index >= 15 is 0 Å². The minimum atomic E-state index is -0.509. The van der Waals surface area contributed by atoms with Crippen molar-refractivity contribution >= 4 is 23.1 Å². The van der Waals surface area contributed by atoms with Crippen LogP contribution in [-0.2, 0) is 11.3 Å². The highest BCUT2D eigenvalue weighted by Crippen LogP contribution is 2.23. The SMILES string of the molecule is COC(=O)c1ccc(NCc2csc(-c3ccncc3)n2)nn1. The molecular weight excluding hydrogens is 314 g/mol. The summed E-state index contributed by atoms with van der Waals surface area (Å²) in [4.78, 5) is 19.8. The summed E-state index contributed by atoms with van der Waals surface area (Å²) in [6.45, 7) is 0.522. The number of pyridine rings is 1. The lowest BCUT2D eigenvalue weighted by molar-refractivity contribution is 0.0593. The van der Waals surface area contributed by atoms with Gasteiger partial charge in [-0.25, -0.2) is 9.78 Å². The molecule has 0 aliphatic carbocycles. The monoisotopic (exact) mass is 327 g/mol. The van der Waals surface area contributed by atoms with E-state index in [4.69, 9.17) is 0 Å². The molecule has 3 aromatic rings. The predicted molar refractivity (Wildman–Crippen MR) is 86.0 cm³/mol. The molecule has 0 fully saturated rings. The average molecular weight is 327 g/mol. The van der Waals surface area contributed by atoms with Gasteiger partial charge < -0.3 is 10.1 Å². The summed E-state index contributed by atoms with van der Waals surface area (Å²) in [7, 11) is 1.30. The summed E-state index contributed by atoms with van der Waals surface area (Å²) in [6, 6.07) is 7.08. The van der Waals surface area contributed by atoms with Crippen LogP contribution in [-0.4, -0.2) is 33.2 Å². The third-order valence-corrected chi connectivity index (χ3v) is 3.93. The minimum Gasteiger partial charge on any atom is -0.464 e. The normalized spacial score (nSPS) is 10.3. The zero-order valence-electron chi connectivity index (χ0n) is 12.3. The molecule has 1 N–H and O–H groups in total. The van der Waals surface area contributed by atoms with Crippen LogP contribution in [0.25, 0.3) is 10.6 Å². The van der Waals surface area contributed by atoms with Crippen LogP contribution in [0.1, 0.15) is 16.2 Å². The van der Waals surface area contributed by atoms with Crippen molar-refractivity contribution in [3.8, 4) is 10.6 Å². The van der Waals surface area contributed by atoms with Gasteiger partial charge in [-0.3, -0.25) is 4.98 Å². The summed E-state index contributed by atoms with van der Waals surface area (Å²) >= 11 is 1.57. The molecule has 3 heterocycles. The number of hydrogen-bond acceptors (Lipinski definition) is 8. The molecule has 23 heavy (non-hydrogen) atoms. The molecule has 0 bridgehead atoms. The Kier molecular flexibility index (Phi) is 4.53. The first-order chi connectivity index (χ1) is 11.3. The Bertz CT molecular complexity index is 789. The number of rotatable bonds is 5. The Balaban J connectivity index is 1.63. The van der Waals surface area contributed by atoms with Gasteiger partial charge in [0.25, 0.3) is 0 Å². The van der Waals surface area contributed by atoms with Crippen LogP contribution in [0.5, 0.6) is 0 Å². The standard InChI is InChI=1S/C15H13N5O2S/c1-22-15(21)12-2-3-13(20-19-12)17-8-11-9-23-14(18-11)10-4-6-16-7-5-10/h2-7,9H,8H2,1H3,(H,17,20). The molecule has 3 rings (SSSR count). The zero-order valence-corrected chi connectivity index (χ0v) is 13.1. The van der Waals surface area contributed by atoms with Gasteiger partial charge in [-0.05, 0) is 24.3 Å². The molecule has 0 atom stereocenters. The van der Waals surface area contributed by atoms with Gasteiger partial charge in [0.05, 0.1) is 19.3 Å². The van der Waals surface area contributed by atoms with Crippen LogP contribution in [0.4, 0.5) is 5.82 Å². The van der Waals surface area contributed by atoms with Crippen LogP contribution in [0.15, 0.2) is 42.0 Å². The molecule has 3 aromatic heterocycles. The molecule has 0 radical (unpaired) electrons. The van der Waals surface area contributed by atoms with Crippen molar-refractivity contribution in [1.82, 2.24) is 20.2 Å². The van der Waals surface area contributed by atoms with E-state index in [0.717, 1.165) is 16.3 Å². The third kappa shape index (κ3) is 3.67. The van der Waals surface area contributed by atoms with Crippen molar-refractivity contribution in [2.75, 3.05) is 12.4 Å². The fourth-order valence-electron chi connectivity index (χ4n) is 1.84. The number of hydrogen-bond donors (Lipinski definition) is 1. The van der Waals surface area contributed by atoms with E-state index < -0.39 is 5.97 Å². The number of esters is 1. The topological polar surface area (TPSA) is 89.9 Å². The van der Waals surface area contributed by atoms with Crippen LogP contribution >= 0.6 is 11.3 Å². The zero-order chi connectivity index (χ0) is 16.1. The van der Waals surface area contributed by atoms with Crippen molar-refractivity contribution in [3.05, 3.63) is 53.4 Å². The Morgan fingerprint density at radius 1 is 1.22 bits per heavy atom. The summed E-state index contributed by atoms with van der Waals surface area (Å²) in [5.41, 5.74) is 2.12. The van der Waals surface area contributed by atoms with E-state index in [1.54, 1.807) is 35.9 Å². The first-order valence-electron chi connectivity index (χ1n) is 6.77. The van der Waals surface area contributed by atoms with Crippen molar-refractivity contribution in [1.29, 1.82) is 0 Å². The summed E-state index contributed by atoms with van der Waals surface area (Å²) in [5.74, 6) is 0.0571. The number of methoxy groups -OCH3 is 1. The first kappa shape index (κ1) is 15.0. The van der Waals surface area contributed by atoms with Gasteiger partial charge in [-0.15, -0.1) is 21.5 Å². The quantitative estimate of drug-likeness (QED) is 0.720. The van der Waals surface area contributed by atoms with Crippen molar-refractivity contribution in [2.24, 2.45) is 0 Å². The molecule has 0 aliphatic heterocycles. The predicted octanol–water partition coefficient (Wildman–Crippen LogP) is 2.39. The number of thiazole rings is 1. The van der Waals surface area contributed by atoms with Crippen LogP contribution in [0.3, 0.4) is 0 Å². The number of nitrogens with zero attached hydrogens (tertiary/aromatic N) is 4. The van der Waals surface area contributed by atoms with Crippen molar-refractivity contribution < 1.29 is 9.53 Å². The first-order valence-corrected chi connectivity index (χ1v) is 7.65. The maximum Gasteiger partial charge on any atom is 0.358 e. The van der Waals surface area contributed by atoms with Gasteiger partial charge in [0.15, 0.2) is 5.69 Å². The molecule has 0 saturated heterocycles. The largest absolute Gasteiger partial charge is 0.464 e. The molecule has 7 nitrogen and oxygen atoms in total. The molecule has 116 valence electrons. The molecule has 8 heteroatoms. The summed E-state index contributed by atoms with van der Waals surface area (Å²) in [5, 5.41) is 13.8. The highest BCUT2D eigenvalue weighted by Gasteiger charge is 2.08. The molecule has 0 aromatic carbocycles. The lowest BCUT2D eigenvalue weighted by Gasteiger charge is -2.03. The van der Waals surface area contributed by atoms with E-state index in [1.807, 2.05) is 17.5 Å². The van der Waals surface area contributed by atoms with E-state index in [-0.39, 0.29) is 5.69 Å². The Morgan fingerprint density at radius 3 is 2.74 bits per heavy atom. The molecule has 0 spiro atoms. The number of aromatic nitrogens is 4. The van der Waals surface area contributed by atoms with Crippen molar-refractivity contribution in [2.45, 2.75) is 6.54 Å². The number of carbonyl (C=O) groups excluding carboxylic acids is 1. The smallest absolute Gasteiger partial charge is 0.358 e. The van der Waals surface area contributed by atoms with Crippen LogP contribution < -0.4 is 5.32 Å². The second kappa shape index (κ2) is 6.93. The van der Waals surface area contributed by atoms with Gasteiger partial charge in [-0.1, -0.05) is 0 Å². The third-order valence-electron chi connectivity index (χ3n) is 2.99. The van der Waals surface area contributed by atoms with E-state index in [0.29, 0.717) is 12.4 Å². The fraction of sp³-hybridized carbons (Fsp3) is 0.133. The number of carbonyl (C=O) groups is 1. The van der Waals surface area contributed by atoms with Crippen LogP contribution in [0, 0.1) is 0 Å². The van der Waals surface area contributed by atoms with E-state index in [2.05, 4.69) is 30.2 Å². The maximum absolute atomic E-state index is 11.3. The maximum atomic E-state index is 11.3. The lowest BCUT2D eigenvalue weighted by Crippen LogP contribution is -2.08. The van der Waals surface area contributed by atoms with E-state index in [9.17, 15) is 4.79 Å². The van der Waals surface area contributed by atoms with Gasteiger partial charge in [0.1, 0.15) is 10.8 Å². The Labute approximate surface area is 136 Å². The van der Waals surface area contributed by atoms with Crippen molar-refractivity contribution in [3.63, 3.8) is 0 Å². The molecular formula is C15H13N5O2S.